The van der Waals surface area contributed by atoms with Gasteiger partial charge in [-0.25, -0.2) is 4.98 Å². The monoisotopic (exact) mass is 395 g/mol. The van der Waals surface area contributed by atoms with E-state index < -0.39 is 0 Å². The molecule has 1 aromatic heterocycles. The maximum Gasteiger partial charge on any atom is 0.225 e. The maximum absolute atomic E-state index is 9.89. The number of hydrogen-bond acceptors (Lipinski definition) is 4. The molecule has 2 atom stereocenters. The first-order chi connectivity index (χ1) is 13.9. The Morgan fingerprint density at radius 2 is 1.79 bits per heavy atom. The van der Waals surface area contributed by atoms with Crippen LogP contribution in [0, 0.1) is 6.92 Å². The Morgan fingerprint density at radius 3 is 2.38 bits per heavy atom. The first kappa shape index (κ1) is 21.2. The predicted molar refractivity (Wildman–Crippen MR) is 117 cm³/mol. The van der Waals surface area contributed by atoms with E-state index in [0.29, 0.717) is 36.3 Å². The summed E-state index contributed by atoms with van der Waals surface area (Å²) in [4.78, 5) is 6.80. The number of hydrogen-bond donors (Lipinski definition) is 1. The van der Waals surface area contributed by atoms with E-state index in [9.17, 15) is 5.21 Å². The number of amidine groups is 1. The Hall–Kier alpha value is -2.56. The van der Waals surface area contributed by atoms with E-state index in [1.54, 1.807) is 0 Å². The van der Waals surface area contributed by atoms with Crippen molar-refractivity contribution in [1.82, 2.24) is 9.88 Å². The molecule has 29 heavy (non-hydrogen) atoms. The highest BCUT2D eigenvalue weighted by atomic mass is 16.5. The van der Waals surface area contributed by atoms with E-state index >= 15 is 0 Å². The Bertz CT molecular complexity index is 836. The smallest absolute Gasteiger partial charge is 0.225 e. The summed E-state index contributed by atoms with van der Waals surface area (Å²) in [5, 5.41) is 13.6. The zero-order chi connectivity index (χ0) is 21.0. The second-order valence-corrected chi connectivity index (χ2v) is 8.45. The Balaban J connectivity index is 1.85. The minimum Gasteiger partial charge on any atom is -0.472 e. The lowest BCUT2D eigenvalue weighted by Crippen LogP contribution is -2.48. The van der Waals surface area contributed by atoms with Crippen molar-refractivity contribution >= 4 is 5.84 Å². The molecule has 0 saturated carbocycles. The number of likely N-dealkylation sites (tertiary alicyclic amines) is 1. The normalized spacial score (nSPS) is 20.2. The van der Waals surface area contributed by atoms with Crippen molar-refractivity contribution in [3.63, 3.8) is 0 Å². The molecule has 0 aliphatic carbocycles. The summed E-state index contributed by atoms with van der Waals surface area (Å²) < 4.78 is 6.12. The van der Waals surface area contributed by atoms with Gasteiger partial charge in [0.25, 0.3) is 0 Å². The van der Waals surface area contributed by atoms with Gasteiger partial charge in [-0.05, 0) is 69.2 Å². The van der Waals surface area contributed by atoms with Crippen molar-refractivity contribution in [1.29, 1.82) is 0 Å². The predicted octanol–water partition coefficient (Wildman–Crippen LogP) is 5.49. The van der Waals surface area contributed by atoms with Crippen LogP contribution in [-0.2, 0) is 6.61 Å². The van der Waals surface area contributed by atoms with Crippen LogP contribution in [0.4, 0.5) is 0 Å². The third-order valence-electron chi connectivity index (χ3n) is 5.80. The molecule has 2 aromatic rings. The summed E-state index contributed by atoms with van der Waals surface area (Å²) in [6, 6.07) is 13.0. The molecule has 5 nitrogen and oxygen atoms in total. The van der Waals surface area contributed by atoms with E-state index in [4.69, 9.17) is 4.74 Å². The largest absolute Gasteiger partial charge is 0.472 e. The number of aromatic nitrogens is 1. The lowest BCUT2D eigenvalue weighted by atomic mass is 9.96. The number of piperidine rings is 1. The molecule has 1 fully saturated rings. The minimum atomic E-state index is 0.308. The molecule has 156 valence electrons. The van der Waals surface area contributed by atoms with Crippen LogP contribution < -0.4 is 4.74 Å². The fourth-order valence-corrected chi connectivity index (χ4v) is 4.05. The van der Waals surface area contributed by atoms with Gasteiger partial charge in [-0.3, -0.25) is 0 Å². The fraction of sp³-hybridized carbons (Fsp3) is 0.500. The number of pyridine rings is 1. The number of ether oxygens (including phenoxy) is 1. The quantitative estimate of drug-likeness (QED) is 0.315. The lowest BCUT2D eigenvalue weighted by Gasteiger charge is -2.40. The van der Waals surface area contributed by atoms with E-state index in [0.717, 1.165) is 29.7 Å². The molecule has 1 N–H and O–H groups in total. The highest BCUT2D eigenvalue weighted by Gasteiger charge is 2.30. The van der Waals surface area contributed by atoms with E-state index in [2.05, 4.69) is 67.0 Å². The summed E-state index contributed by atoms with van der Waals surface area (Å²) in [5.74, 6) is 1.56. The second-order valence-electron chi connectivity index (χ2n) is 8.45. The molecule has 1 saturated heterocycles. The van der Waals surface area contributed by atoms with Gasteiger partial charge in [-0.1, -0.05) is 43.3 Å². The van der Waals surface area contributed by atoms with Crippen molar-refractivity contribution in [3.8, 4) is 5.88 Å². The van der Waals surface area contributed by atoms with Gasteiger partial charge in [0.05, 0.1) is 5.56 Å². The summed E-state index contributed by atoms with van der Waals surface area (Å²) in [6.45, 7) is 11.1. The molecule has 2 unspecified atom stereocenters. The van der Waals surface area contributed by atoms with Gasteiger partial charge in [-0.2, -0.15) is 0 Å². The van der Waals surface area contributed by atoms with Gasteiger partial charge in [0.15, 0.2) is 5.84 Å². The zero-order valence-electron chi connectivity index (χ0n) is 18.2. The highest BCUT2D eigenvalue weighted by Crippen LogP contribution is 2.28. The topological polar surface area (TPSA) is 58.0 Å². The van der Waals surface area contributed by atoms with Crippen LogP contribution in [0.25, 0.3) is 0 Å². The minimum absolute atomic E-state index is 0.308. The third kappa shape index (κ3) is 4.89. The molecular weight excluding hydrogens is 362 g/mol. The lowest BCUT2D eigenvalue weighted by molar-refractivity contribution is 0.181. The third-order valence-corrected chi connectivity index (χ3v) is 5.80. The Labute approximate surface area is 174 Å². The number of nitrogens with zero attached hydrogens (tertiary/aromatic N) is 3. The number of aryl methyl sites for hydroxylation is 1. The number of oxime groups is 1. The van der Waals surface area contributed by atoms with Crippen LogP contribution in [0.2, 0.25) is 0 Å². The summed E-state index contributed by atoms with van der Waals surface area (Å²) in [5.41, 5.74) is 4.00. The Kier molecular flexibility index (Phi) is 6.78. The van der Waals surface area contributed by atoms with Crippen LogP contribution in [0.5, 0.6) is 5.88 Å². The number of benzene rings is 1. The first-order valence-corrected chi connectivity index (χ1v) is 10.6. The van der Waals surface area contributed by atoms with Gasteiger partial charge in [0.2, 0.25) is 5.88 Å². The van der Waals surface area contributed by atoms with Crippen LogP contribution in [0.1, 0.15) is 75.3 Å². The van der Waals surface area contributed by atoms with Gasteiger partial charge in [-0.15, -0.1) is 0 Å². The van der Waals surface area contributed by atoms with Crippen LogP contribution >= 0.6 is 0 Å². The van der Waals surface area contributed by atoms with Crippen molar-refractivity contribution in [2.24, 2.45) is 5.16 Å². The molecule has 1 aromatic carbocycles. The van der Waals surface area contributed by atoms with Crippen molar-refractivity contribution in [2.45, 2.75) is 78.5 Å². The fourth-order valence-electron chi connectivity index (χ4n) is 4.05. The van der Waals surface area contributed by atoms with Crippen LogP contribution in [-0.4, -0.2) is 33.0 Å². The average molecular weight is 396 g/mol. The SMILES string of the molecule is Cc1ccc(/C(=N/O)N2C(C)CCCC2C)c(OCc2ccc(C(C)C)cc2)n1. The molecule has 0 bridgehead atoms. The van der Waals surface area contributed by atoms with Crippen molar-refractivity contribution in [2.75, 3.05) is 0 Å². The summed E-state index contributed by atoms with van der Waals surface area (Å²) in [7, 11) is 0. The average Bonchev–Trinajstić information content (AvgIpc) is 2.70. The maximum atomic E-state index is 9.89. The van der Waals surface area contributed by atoms with Gasteiger partial charge in [0, 0.05) is 17.8 Å². The molecule has 0 amide bonds. The van der Waals surface area contributed by atoms with Gasteiger partial charge < -0.3 is 14.8 Å². The number of rotatable bonds is 5. The van der Waals surface area contributed by atoms with Crippen LogP contribution in [0.3, 0.4) is 0 Å². The molecule has 3 rings (SSSR count). The molecule has 1 aliphatic rings. The summed E-state index contributed by atoms with van der Waals surface area (Å²) >= 11 is 0. The Morgan fingerprint density at radius 1 is 1.14 bits per heavy atom. The highest BCUT2D eigenvalue weighted by molar-refractivity contribution is 6.00. The van der Waals surface area contributed by atoms with E-state index in [-0.39, 0.29) is 0 Å². The molecule has 0 spiro atoms. The van der Waals surface area contributed by atoms with E-state index in [1.807, 2.05) is 19.1 Å². The van der Waals surface area contributed by atoms with Gasteiger partial charge in [0.1, 0.15) is 6.61 Å². The van der Waals surface area contributed by atoms with Gasteiger partial charge >= 0.3 is 0 Å². The van der Waals surface area contributed by atoms with E-state index in [1.165, 1.54) is 12.0 Å². The molecule has 1 aliphatic heterocycles. The van der Waals surface area contributed by atoms with Crippen molar-refractivity contribution in [3.05, 3.63) is 58.8 Å². The zero-order valence-corrected chi connectivity index (χ0v) is 18.2. The second kappa shape index (κ2) is 9.29. The first-order valence-electron chi connectivity index (χ1n) is 10.6. The van der Waals surface area contributed by atoms with Crippen LogP contribution in [0.15, 0.2) is 41.6 Å². The molecular formula is C24H33N3O2. The molecule has 0 radical (unpaired) electrons. The summed E-state index contributed by atoms with van der Waals surface area (Å²) in [6.07, 6.45) is 3.36. The molecule has 2 heterocycles. The standard InChI is InChI=1S/C24H33N3O2/c1-16(2)21-12-10-20(11-13-21)15-29-24-22(14-9-17(3)25-24)23(26-28)27-18(4)7-6-8-19(27)5/h9-14,16,18-19,28H,6-8,15H2,1-5H3/b26-23-. The van der Waals surface area contributed by atoms with Crippen molar-refractivity contribution < 1.29 is 9.94 Å². The molecule has 5 heteroatoms.